The molecule has 1 aliphatic rings. The molecule has 5 nitrogen and oxygen atoms in total. The molecule has 0 spiro atoms. The summed E-state index contributed by atoms with van der Waals surface area (Å²) in [6.45, 7) is 5.63. The molecule has 4 aromatic rings. The molecule has 5 heteroatoms. The number of oxazole rings is 1. The molecule has 2 aromatic carbocycles. The van der Waals surface area contributed by atoms with E-state index in [1.165, 1.54) is 0 Å². The summed E-state index contributed by atoms with van der Waals surface area (Å²) in [4.78, 5) is 24.8. The molecule has 0 aliphatic carbocycles. The quantitative estimate of drug-likeness (QED) is 0.455. The predicted molar refractivity (Wildman–Crippen MR) is 118 cm³/mol. The molecular weight excluding hydrogens is 374 g/mol. The van der Waals surface area contributed by atoms with Crippen molar-refractivity contribution in [2.75, 3.05) is 13.1 Å². The Morgan fingerprint density at radius 1 is 1.00 bits per heavy atom. The van der Waals surface area contributed by atoms with Crippen LogP contribution in [0.4, 0.5) is 0 Å². The van der Waals surface area contributed by atoms with Gasteiger partial charge in [-0.1, -0.05) is 44.2 Å². The number of nitrogens with zero attached hydrogens (tertiary/aromatic N) is 3. The van der Waals surface area contributed by atoms with Crippen LogP contribution in [0, 0.1) is 0 Å². The lowest BCUT2D eigenvalue weighted by Crippen LogP contribution is -2.38. The molecule has 30 heavy (non-hydrogen) atoms. The first-order valence-electron chi connectivity index (χ1n) is 10.6. The van der Waals surface area contributed by atoms with E-state index in [1.54, 1.807) is 0 Å². The van der Waals surface area contributed by atoms with Gasteiger partial charge in [0.2, 0.25) is 0 Å². The van der Waals surface area contributed by atoms with Crippen molar-refractivity contribution in [3.63, 3.8) is 0 Å². The van der Waals surface area contributed by atoms with Crippen LogP contribution in [0.3, 0.4) is 0 Å². The van der Waals surface area contributed by atoms with Crippen LogP contribution in [-0.4, -0.2) is 33.9 Å². The number of fused-ring (bicyclic) bond motifs is 2. The molecule has 1 saturated heterocycles. The normalized spacial score (nSPS) is 15.4. The molecule has 1 aliphatic heterocycles. The predicted octanol–water partition coefficient (Wildman–Crippen LogP) is 5.52. The lowest BCUT2D eigenvalue weighted by molar-refractivity contribution is 0.0708. The Balaban J connectivity index is 1.38. The summed E-state index contributed by atoms with van der Waals surface area (Å²) in [6.07, 6.45) is 1.72. The lowest BCUT2D eigenvalue weighted by Gasteiger charge is -2.31. The van der Waals surface area contributed by atoms with Crippen LogP contribution in [0.2, 0.25) is 0 Å². The number of likely N-dealkylation sites (tertiary alicyclic amines) is 1. The lowest BCUT2D eigenvalue weighted by atomic mass is 9.95. The monoisotopic (exact) mass is 399 g/mol. The van der Waals surface area contributed by atoms with E-state index in [4.69, 9.17) is 9.40 Å². The molecule has 0 bridgehead atoms. The van der Waals surface area contributed by atoms with Crippen molar-refractivity contribution in [3.05, 3.63) is 71.7 Å². The van der Waals surface area contributed by atoms with Gasteiger partial charge in [0.05, 0.1) is 11.1 Å². The van der Waals surface area contributed by atoms with Crippen molar-refractivity contribution in [2.24, 2.45) is 0 Å². The topological polar surface area (TPSA) is 59.2 Å². The Bertz CT molecular complexity index is 1190. The van der Waals surface area contributed by atoms with Crippen LogP contribution in [0.1, 0.15) is 60.5 Å². The van der Waals surface area contributed by atoms with E-state index in [1.807, 2.05) is 59.5 Å². The van der Waals surface area contributed by atoms with Gasteiger partial charge in [0.1, 0.15) is 5.52 Å². The first kappa shape index (κ1) is 18.8. The van der Waals surface area contributed by atoms with E-state index in [-0.39, 0.29) is 17.7 Å². The van der Waals surface area contributed by atoms with Crippen molar-refractivity contribution < 1.29 is 9.21 Å². The molecule has 0 atom stereocenters. The van der Waals surface area contributed by atoms with E-state index < -0.39 is 0 Å². The van der Waals surface area contributed by atoms with Gasteiger partial charge in [-0.15, -0.1) is 0 Å². The maximum absolute atomic E-state index is 13.4. The van der Waals surface area contributed by atoms with Crippen molar-refractivity contribution in [3.8, 4) is 0 Å². The molecule has 3 heterocycles. The molecular formula is C25H25N3O2. The summed E-state index contributed by atoms with van der Waals surface area (Å²) in [5, 5.41) is 0.924. The molecule has 1 fully saturated rings. The maximum Gasteiger partial charge on any atom is 0.254 e. The smallest absolute Gasteiger partial charge is 0.254 e. The average Bonchev–Trinajstić information content (AvgIpc) is 3.22. The second-order valence-corrected chi connectivity index (χ2v) is 8.35. The maximum atomic E-state index is 13.4. The Hall–Kier alpha value is -3.21. The van der Waals surface area contributed by atoms with Gasteiger partial charge in [-0.3, -0.25) is 9.78 Å². The van der Waals surface area contributed by atoms with Crippen molar-refractivity contribution in [1.29, 1.82) is 0 Å². The van der Waals surface area contributed by atoms with E-state index >= 15 is 0 Å². The number of rotatable bonds is 3. The van der Waals surface area contributed by atoms with Gasteiger partial charge in [0.15, 0.2) is 11.5 Å². The summed E-state index contributed by atoms with van der Waals surface area (Å²) in [6, 6.07) is 17.7. The number of carbonyl (C=O) groups excluding carboxylic acids is 1. The van der Waals surface area contributed by atoms with Crippen LogP contribution >= 0.6 is 0 Å². The zero-order valence-corrected chi connectivity index (χ0v) is 17.3. The van der Waals surface area contributed by atoms with Gasteiger partial charge < -0.3 is 9.32 Å². The molecule has 0 saturated carbocycles. The number of para-hydroxylation sites is 3. The zero-order valence-electron chi connectivity index (χ0n) is 17.3. The van der Waals surface area contributed by atoms with Crippen LogP contribution in [-0.2, 0) is 0 Å². The molecule has 5 rings (SSSR count). The Morgan fingerprint density at radius 3 is 2.43 bits per heavy atom. The molecule has 0 radical (unpaired) electrons. The van der Waals surface area contributed by atoms with Crippen molar-refractivity contribution >= 4 is 27.9 Å². The largest absolute Gasteiger partial charge is 0.440 e. The number of pyridine rings is 1. The summed E-state index contributed by atoms with van der Waals surface area (Å²) in [5.74, 6) is 1.40. The van der Waals surface area contributed by atoms with Crippen molar-refractivity contribution in [2.45, 2.75) is 38.5 Å². The van der Waals surface area contributed by atoms with Gasteiger partial charge in [0, 0.05) is 30.1 Å². The number of amides is 1. The van der Waals surface area contributed by atoms with Crippen molar-refractivity contribution in [1.82, 2.24) is 14.9 Å². The van der Waals surface area contributed by atoms with E-state index in [0.29, 0.717) is 13.1 Å². The zero-order chi connectivity index (χ0) is 20.7. The van der Waals surface area contributed by atoms with Gasteiger partial charge in [-0.05, 0) is 43.0 Å². The van der Waals surface area contributed by atoms with Gasteiger partial charge in [-0.2, -0.15) is 0 Å². The second-order valence-electron chi connectivity index (χ2n) is 8.35. The second kappa shape index (κ2) is 7.56. The molecule has 0 N–H and O–H groups in total. The summed E-state index contributed by atoms with van der Waals surface area (Å²) < 4.78 is 5.96. The summed E-state index contributed by atoms with van der Waals surface area (Å²) in [5.41, 5.74) is 4.32. The molecule has 0 unspecified atom stereocenters. The van der Waals surface area contributed by atoms with E-state index in [2.05, 4.69) is 18.8 Å². The third-order valence-electron chi connectivity index (χ3n) is 6.00. The van der Waals surface area contributed by atoms with E-state index in [0.717, 1.165) is 52.0 Å². The average molecular weight is 399 g/mol. The number of aromatic nitrogens is 2. The minimum Gasteiger partial charge on any atom is -0.440 e. The van der Waals surface area contributed by atoms with Crippen LogP contribution < -0.4 is 0 Å². The van der Waals surface area contributed by atoms with Gasteiger partial charge in [0.25, 0.3) is 5.91 Å². The highest BCUT2D eigenvalue weighted by Gasteiger charge is 2.28. The van der Waals surface area contributed by atoms with E-state index in [9.17, 15) is 4.79 Å². The highest BCUT2D eigenvalue weighted by Crippen LogP contribution is 2.31. The first-order chi connectivity index (χ1) is 14.6. The minimum atomic E-state index is 0.0894. The fourth-order valence-corrected chi connectivity index (χ4v) is 4.23. The number of hydrogen-bond donors (Lipinski definition) is 0. The Labute approximate surface area is 175 Å². The Kier molecular flexibility index (Phi) is 4.74. The minimum absolute atomic E-state index is 0.0894. The first-order valence-corrected chi connectivity index (χ1v) is 10.6. The van der Waals surface area contributed by atoms with Crippen LogP contribution in [0.25, 0.3) is 22.0 Å². The Morgan fingerprint density at radius 2 is 1.70 bits per heavy atom. The highest BCUT2D eigenvalue weighted by atomic mass is 16.3. The standard InChI is InChI=1S/C25H25N3O2/c1-16(2)22-15-19(18-7-3-4-8-20(18)26-22)25(29)28-13-11-17(12-14-28)24-27-21-9-5-6-10-23(21)30-24/h3-10,15-17H,11-14H2,1-2H3. The van der Waals surface area contributed by atoms with Crippen LogP contribution in [0.15, 0.2) is 59.0 Å². The summed E-state index contributed by atoms with van der Waals surface area (Å²) >= 11 is 0. The number of benzene rings is 2. The SMILES string of the molecule is CC(C)c1cc(C(=O)N2CCC(c3nc4ccccc4o3)CC2)c2ccccc2n1. The van der Waals surface area contributed by atoms with Gasteiger partial charge in [-0.25, -0.2) is 4.98 Å². The molecule has 1 amide bonds. The fourth-order valence-electron chi connectivity index (χ4n) is 4.23. The number of hydrogen-bond acceptors (Lipinski definition) is 4. The summed E-state index contributed by atoms with van der Waals surface area (Å²) in [7, 11) is 0. The van der Waals surface area contributed by atoms with Gasteiger partial charge >= 0.3 is 0 Å². The fraction of sp³-hybridized carbons (Fsp3) is 0.320. The third kappa shape index (κ3) is 3.34. The number of carbonyl (C=O) groups is 1. The number of piperidine rings is 1. The molecule has 152 valence electrons. The molecule has 2 aromatic heterocycles. The van der Waals surface area contributed by atoms with Crippen LogP contribution in [0.5, 0.6) is 0 Å². The third-order valence-corrected chi connectivity index (χ3v) is 6.00. The highest BCUT2D eigenvalue weighted by molar-refractivity contribution is 6.06.